The maximum absolute atomic E-state index is 12.1. The van der Waals surface area contributed by atoms with Gasteiger partial charge in [-0.1, -0.05) is 40.9 Å². The van der Waals surface area contributed by atoms with Crippen LogP contribution in [0.25, 0.3) is 0 Å². The average Bonchev–Trinajstić information content (AvgIpc) is 2.63. The largest absolute Gasteiger partial charge is 0.423 e. The van der Waals surface area contributed by atoms with Crippen molar-refractivity contribution >= 4 is 52.7 Å². The van der Waals surface area contributed by atoms with Crippen LogP contribution in [0.3, 0.4) is 0 Å². The molecule has 4 nitrogen and oxygen atoms in total. The molecule has 1 aromatic heterocycles. The lowest BCUT2D eigenvalue weighted by Crippen LogP contribution is -2.08. The molecule has 0 amide bonds. The number of carbonyl (C=O) groups is 1. The Kier molecular flexibility index (Phi) is 5.89. The summed E-state index contributed by atoms with van der Waals surface area (Å²) < 4.78 is 5.34. The highest BCUT2D eigenvalue weighted by molar-refractivity contribution is 6.43. The van der Waals surface area contributed by atoms with E-state index in [0.717, 1.165) is 0 Å². The molecule has 0 fully saturated rings. The van der Waals surface area contributed by atoms with Gasteiger partial charge in [0.2, 0.25) is 0 Å². The van der Waals surface area contributed by atoms with E-state index in [1.807, 2.05) is 0 Å². The van der Waals surface area contributed by atoms with Crippen LogP contribution in [0.4, 0.5) is 5.69 Å². The molecule has 0 saturated heterocycles. The summed E-state index contributed by atoms with van der Waals surface area (Å²) in [7, 11) is 0. The summed E-state index contributed by atoms with van der Waals surface area (Å²) >= 11 is 18.2. The van der Waals surface area contributed by atoms with Crippen molar-refractivity contribution in [2.24, 2.45) is 4.99 Å². The van der Waals surface area contributed by atoms with Gasteiger partial charge in [0, 0.05) is 23.6 Å². The van der Waals surface area contributed by atoms with Gasteiger partial charge in [0.15, 0.2) is 0 Å². The minimum Gasteiger partial charge on any atom is -0.423 e. The highest BCUT2D eigenvalue weighted by Crippen LogP contribution is 2.31. The predicted octanol–water partition coefficient (Wildman–Crippen LogP) is 6.01. The van der Waals surface area contributed by atoms with Gasteiger partial charge in [0.1, 0.15) is 5.75 Å². The van der Waals surface area contributed by atoms with E-state index in [4.69, 9.17) is 39.5 Å². The normalized spacial score (nSPS) is 10.9. The Balaban J connectivity index is 1.82. The van der Waals surface area contributed by atoms with Crippen molar-refractivity contribution in [3.8, 4) is 5.75 Å². The summed E-state index contributed by atoms with van der Waals surface area (Å²) in [6, 6.07) is 13.3. The molecule has 0 bridgehead atoms. The van der Waals surface area contributed by atoms with E-state index in [1.165, 1.54) is 6.20 Å². The Hall–Kier alpha value is -2.40. The molecule has 0 unspecified atom stereocenters. The predicted molar refractivity (Wildman–Crippen MR) is 104 cm³/mol. The number of aromatic nitrogens is 1. The zero-order chi connectivity index (χ0) is 18.5. The van der Waals surface area contributed by atoms with E-state index >= 15 is 0 Å². The van der Waals surface area contributed by atoms with Crippen molar-refractivity contribution in [1.29, 1.82) is 0 Å². The first-order chi connectivity index (χ1) is 12.5. The molecule has 1 heterocycles. The maximum atomic E-state index is 12.1. The standard InChI is InChI=1S/C19H11Cl3N2O2/c20-14-7-12(10-24-17-5-1-4-16(21)18(17)22)8-15(9-14)26-19(25)13-3-2-6-23-11-13/h1-11H. The highest BCUT2D eigenvalue weighted by Gasteiger charge is 2.10. The number of pyridine rings is 1. The van der Waals surface area contributed by atoms with E-state index in [9.17, 15) is 4.79 Å². The van der Waals surface area contributed by atoms with Crippen molar-refractivity contribution in [2.75, 3.05) is 0 Å². The molecule has 0 saturated carbocycles. The molecule has 0 aliphatic heterocycles. The summed E-state index contributed by atoms with van der Waals surface area (Å²) in [5, 5.41) is 1.18. The molecule has 3 aromatic rings. The molecule has 130 valence electrons. The summed E-state index contributed by atoms with van der Waals surface area (Å²) in [5.41, 5.74) is 1.50. The monoisotopic (exact) mass is 404 g/mol. The first kappa shape index (κ1) is 18.4. The molecule has 0 spiro atoms. The van der Waals surface area contributed by atoms with Crippen LogP contribution in [-0.4, -0.2) is 17.2 Å². The molecular weight excluding hydrogens is 395 g/mol. The van der Waals surface area contributed by atoms with E-state index in [-0.39, 0.29) is 0 Å². The summed E-state index contributed by atoms with van der Waals surface area (Å²) in [5.74, 6) is -0.230. The summed E-state index contributed by atoms with van der Waals surface area (Å²) in [4.78, 5) is 20.3. The molecule has 3 rings (SSSR count). The van der Waals surface area contributed by atoms with Crippen molar-refractivity contribution in [2.45, 2.75) is 0 Å². The lowest BCUT2D eigenvalue weighted by molar-refractivity contribution is 0.0734. The fourth-order valence-corrected chi connectivity index (χ4v) is 2.68. The van der Waals surface area contributed by atoms with Gasteiger partial charge in [0.25, 0.3) is 0 Å². The number of hydrogen-bond acceptors (Lipinski definition) is 4. The fraction of sp³-hybridized carbons (Fsp3) is 0. The maximum Gasteiger partial charge on any atom is 0.345 e. The van der Waals surface area contributed by atoms with Crippen molar-refractivity contribution < 1.29 is 9.53 Å². The van der Waals surface area contributed by atoms with Gasteiger partial charge in [-0.2, -0.15) is 0 Å². The average molecular weight is 406 g/mol. The molecular formula is C19H11Cl3N2O2. The van der Waals surface area contributed by atoms with Gasteiger partial charge in [0.05, 0.1) is 21.3 Å². The molecule has 0 aliphatic rings. The Morgan fingerprint density at radius 1 is 1.08 bits per heavy atom. The third kappa shape index (κ3) is 4.61. The number of nitrogens with zero attached hydrogens (tertiary/aromatic N) is 2. The summed E-state index contributed by atoms with van der Waals surface area (Å²) in [6.07, 6.45) is 4.56. The Labute approximate surface area is 165 Å². The van der Waals surface area contributed by atoms with Crippen LogP contribution in [0.5, 0.6) is 5.75 Å². The Morgan fingerprint density at radius 3 is 2.69 bits per heavy atom. The minimum atomic E-state index is -0.527. The number of carbonyl (C=O) groups excluding carboxylic acids is 1. The van der Waals surface area contributed by atoms with Gasteiger partial charge in [-0.05, 0) is 48.0 Å². The number of esters is 1. The zero-order valence-electron chi connectivity index (χ0n) is 13.2. The van der Waals surface area contributed by atoms with Crippen LogP contribution in [-0.2, 0) is 0 Å². The zero-order valence-corrected chi connectivity index (χ0v) is 15.5. The second-order valence-electron chi connectivity index (χ2n) is 5.18. The number of aliphatic imine (C=N–C) groups is 1. The number of halogens is 3. The number of rotatable bonds is 4. The first-order valence-corrected chi connectivity index (χ1v) is 8.57. The van der Waals surface area contributed by atoms with Gasteiger partial charge in [-0.15, -0.1) is 0 Å². The van der Waals surface area contributed by atoms with Crippen molar-refractivity contribution in [1.82, 2.24) is 4.98 Å². The van der Waals surface area contributed by atoms with Gasteiger partial charge in [-0.25, -0.2) is 4.79 Å². The quantitative estimate of drug-likeness (QED) is 0.303. The first-order valence-electron chi connectivity index (χ1n) is 7.44. The van der Waals surface area contributed by atoms with Crippen LogP contribution in [0.1, 0.15) is 15.9 Å². The van der Waals surface area contributed by atoms with E-state index in [2.05, 4.69) is 9.98 Å². The lowest BCUT2D eigenvalue weighted by atomic mass is 10.2. The van der Waals surface area contributed by atoms with Crippen molar-refractivity contribution in [3.05, 3.63) is 87.1 Å². The molecule has 0 atom stereocenters. The van der Waals surface area contributed by atoms with Crippen molar-refractivity contribution in [3.63, 3.8) is 0 Å². The molecule has 7 heteroatoms. The van der Waals surface area contributed by atoms with Gasteiger partial charge in [-0.3, -0.25) is 9.98 Å². The van der Waals surface area contributed by atoms with Gasteiger partial charge >= 0.3 is 5.97 Å². The third-order valence-electron chi connectivity index (χ3n) is 3.29. The smallest absolute Gasteiger partial charge is 0.345 e. The minimum absolute atomic E-state index is 0.296. The molecule has 0 radical (unpaired) electrons. The Bertz CT molecular complexity index is 976. The third-order valence-corrected chi connectivity index (χ3v) is 4.31. The highest BCUT2D eigenvalue weighted by atomic mass is 35.5. The van der Waals surface area contributed by atoms with Gasteiger partial charge < -0.3 is 4.74 Å². The Morgan fingerprint density at radius 2 is 1.92 bits per heavy atom. The SMILES string of the molecule is O=C(Oc1cc(Cl)cc(C=Nc2cccc(Cl)c2Cl)c1)c1cccnc1. The molecule has 0 aliphatic carbocycles. The number of benzene rings is 2. The van der Waals surface area contributed by atoms with E-state index in [1.54, 1.807) is 60.9 Å². The molecule has 0 N–H and O–H groups in total. The number of hydrogen-bond donors (Lipinski definition) is 0. The second-order valence-corrected chi connectivity index (χ2v) is 6.40. The van der Waals surface area contributed by atoms with Crippen LogP contribution in [0, 0.1) is 0 Å². The second kappa shape index (κ2) is 8.32. The lowest BCUT2D eigenvalue weighted by Gasteiger charge is -2.06. The van der Waals surface area contributed by atoms with Crippen LogP contribution < -0.4 is 4.74 Å². The van der Waals surface area contributed by atoms with E-state index in [0.29, 0.717) is 37.6 Å². The van der Waals surface area contributed by atoms with Crippen LogP contribution >= 0.6 is 34.8 Å². The fourth-order valence-electron chi connectivity index (χ4n) is 2.10. The molecule has 26 heavy (non-hydrogen) atoms. The van der Waals surface area contributed by atoms with Crippen LogP contribution in [0.15, 0.2) is 65.9 Å². The van der Waals surface area contributed by atoms with Crippen LogP contribution in [0.2, 0.25) is 15.1 Å². The molecule has 2 aromatic carbocycles. The van der Waals surface area contributed by atoms with E-state index < -0.39 is 5.97 Å². The summed E-state index contributed by atoms with van der Waals surface area (Å²) in [6.45, 7) is 0. The number of ether oxygens (including phenoxy) is 1. The topological polar surface area (TPSA) is 51.5 Å².